The van der Waals surface area contributed by atoms with Crippen LogP contribution >= 0.6 is 0 Å². The third kappa shape index (κ3) is 3.35. The lowest BCUT2D eigenvalue weighted by molar-refractivity contribution is -0.134. The minimum absolute atomic E-state index is 0.257. The Morgan fingerprint density at radius 1 is 1.32 bits per heavy atom. The van der Waals surface area contributed by atoms with E-state index in [0.29, 0.717) is 19.0 Å². The van der Waals surface area contributed by atoms with Gasteiger partial charge in [-0.15, -0.1) is 0 Å². The summed E-state index contributed by atoms with van der Waals surface area (Å²) >= 11 is 0. The number of hydrogen-bond acceptors (Lipinski definition) is 2. The monoisotopic (exact) mass is 260 g/mol. The first kappa shape index (κ1) is 14.1. The van der Waals surface area contributed by atoms with Crippen LogP contribution in [-0.2, 0) is 17.8 Å². The van der Waals surface area contributed by atoms with E-state index in [1.807, 2.05) is 24.3 Å². The van der Waals surface area contributed by atoms with Crippen LogP contribution in [0.2, 0.25) is 0 Å². The first-order valence-corrected chi connectivity index (χ1v) is 7.32. The van der Waals surface area contributed by atoms with Gasteiger partial charge in [0.05, 0.1) is 6.42 Å². The fraction of sp³-hybridized carbons (Fsp3) is 0.562. The third-order valence-electron chi connectivity index (χ3n) is 4.10. The van der Waals surface area contributed by atoms with E-state index in [1.54, 1.807) is 0 Å². The second-order valence-electron chi connectivity index (χ2n) is 5.29. The molecule has 2 rings (SSSR count). The summed E-state index contributed by atoms with van der Waals surface area (Å²) in [6, 6.07) is 8.42. The van der Waals surface area contributed by atoms with Crippen molar-refractivity contribution >= 4 is 5.91 Å². The Kier molecular flexibility index (Phi) is 4.97. The molecule has 1 unspecified atom stereocenters. The summed E-state index contributed by atoms with van der Waals surface area (Å²) in [7, 11) is 0. The summed E-state index contributed by atoms with van der Waals surface area (Å²) in [6.45, 7) is 3.59. The second-order valence-corrected chi connectivity index (χ2v) is 5.29. The number of hydrogen-bond donors (Lipinski definition) is 1. The van der Waals surface area contributed by atoms with Crippen molar-refractivity contribution in [2.75, 3.05) is 6.54 Å². The molecule has 0 bridgehead atoms. The molecule has 1 saturated heterocycles. The number of benzene rings is 1. The number of piperidine rings is 1. The van der Waals surface area contributed by atoms with Crippen molar-refractivity contribution < 1.29 is 4.79 Å². The topological polar surface area (TPSA) is 46.3 Å². The molecule has 1 atom stereocenters. The average Bonchev–Trinajstić information content (AvgIpc) is 2.47. The molecule has 1 aromatic rings. The van der Waals surface area contributed by atoms with Crippen molar-refractivity contribution in [3.05, 3.63) is 35.4 Å². The van der Waals surface area contributed by atoms with E-state index in [-0.39, 0.29) is 5.91 Å². The Hall–Kier alpha value is -1.35. The van der Waals surface area contributed by atoms with Crippen LogP contribution in [0.5, 0.6) is 0 Å². The van der Waals surface area contributed by atoms with Gasteiger partial charge in [-0.1, -0.05) is 31.2 Å². The molecular formula is C16H24N2O. The molecule has 3 nitrogen and oxygen atoms in total. The zero-order valence-corrected chi connectivity index (χ0v) is 11.8. The predicted molar refractivity (Wildman–Crippen MR) is 77.7 cm³/mol. The van der Waals surface area contributed by atoms with Crippen LogP contribution in [0.1, 0.15) is 43.7 Å². The van der Waals surface area contributed by atoms with Crippen LogP contribution in [0.15, 0.2) is 24.3 Å². The Morgan fingerprint density at radius 3 is 2.74 bits per heavy atom. The number of amides is 1. The fourth-order valence-corrected chi connectivity index (χ4v) is 2.95. The molecule has 1 aliphatic heterocycles. The maximum atomic E-state index is 12.5. The minimum atomic E-state index is 0.257. The molecule has 19 heavy (non-hydrogen) atoms. The van der Waals surface area contributed by atoms with E-state index < -0.39 is 0 Å². The standard InChI is InChI=1S/C16H24N2O/c1-2-15-9-5-6-10-18(15)16(19)11-13-7-3-4-8-14(13)12-17/h3-4,7-8,15H,2,5-6,9-12,17H2,1H3. The molecule has 2 N–H and O–H groups in total. The number of likely N-dealkylation sites (tertiary alicyclic amines) is 1. The van der Waals surface area contributed by atoms with E-state index in [2.05, 4.69) is 11.8 Å². The van der Waals surface area contributed by atoms with Crippen LogP contribution in [0.4, 0.5) is 0 Å². The van der Waals surface area contributed by atoms with Gasteiger partial charge in [0, 0.05) is 19.1 Å². The summed E-state index contributed by atoms with van der Waals surface area (Å²) in [5, 5.41) is 0. The lowest BCUT2D eigenvalue weighted by Crippen LogP contribution is -2.44. The summed E-state index contributed by atoms with van der Waals surface area (Å²) < 4.78 is 0. The first-order valence-electron chi connectivity index (χ1n) is 7.32. The Balaban J connectivity index is 2.07. The third-order valence-corrected chi connectivity index (χ3v) is 4.10. The van der Waals surface area contributed by atoms with Crippen molar-refractivity contribution in [3.8, 4) is 0 Å². The lowest BCUT2D eigenvalue weighted by Gasteiger charge is -2.35. The predicted octanol–water partition coefficient (Wildman–Crippen LogP) is 2.48. The van der Waals surface area contributed by atoms with Crippen molar-refractivity contribution in [2.45, 2.75) is 51.6 Å². The molecule has 1 aliphatic rings. The van der Waals surface area contributed by atoms with Crippen molar-refractivity contribution in [2.24, 2.45) is 5.73 Å². The summed E-state index contributed by atoms with van der Waals surface area (Å²) in [5.41, 5.74) is 7.90. The number of nitrogens with zero attached hydrogens (tertiary/aromatic N) is 1. The van der Waals surface area contributed by atoms with Gasteiger partial charge in [0.15, 0.2) is 0 Å². The first-order chi connectivity index (χ1) is 9.26. The van der Waals surface area contributed by atoms with E-state index >= 15 is 0 Å². The summed E-state index contributed by atoms with van der Waals surface area (Å²) in [4.78, 5) is 14.6. The van der Waals surface area contributed by atoms with E-state index in [9.17, 15) is 4.79 Å². The van der Waals surface area contributed by atoms with Gasteiger partial charge in [-0.25, -0.2) is 0 Å². The molecule has 104 valence electrons. The highest BCUT2D eigenvalue weighted by Crippen LogP contribution is 2.21. The van der Waals surface area contributed by atoms with Crippen LogP contribution in [0.25, 0.3) is 0 Å². The second kappa shape index (κ2) is 6.71. The summed E-state index contributed by atoms with van der Waals surface area (Å²) in [6.07, 6.45) is 5.09. The molecule has 1 fully saturated rings. The van der Waals surface area contributed by atoms with Gasteiger partial charge in [-0.2, -0.15) is 0 Å². The van der Waals surface area contributed by atoms with Crippen molar-refractivity contribution in [3.63, 3.8) is 0 Å². The van der Waals surface area contributed by atoms with Gasteiger partial charge >= 0.3 is 0 Å². The van der Waals surface area contributed by atoms with Gasteiger partial charge in [-0.3, -0.25) is 4.79 Å². The molecule has 1 amide bonds. The molecular weight excluding hydrogens is 236 g/mol. The van der Waals surface area contributed by atoms with Crippen LogP contribution < -0.4 is 5.73 Å². The number of nitrogens with two attached hydrogens (primary N) is 1. The fourth-order valence-electron chi connectivity index (χ4n) is 2.95. The van der Waals surface area contributed by atoms with Crippen LogP contribution in [0.3, 0.4) is 0 Å². The van der Waals surface area contributed by atoms with Gasteiger partial charge in [0.25, 0.3) is 0 Å². The Labute approximate surface area is 115 Å². The Morgan fingerprint density at radius 2 is 2.05 bits per heavy atom. The minimum Gasteiger partial charge on any atom is -0.339 e. The van der Waals surface area contributed by atoms with Gasteiger partial charge in [0.1, 0.15) is 0 Å². The average molecular weight is 260 g/mol. The molecule has 0 aromatic heterocycles. The largest absolute Gasteiger partial charge is 0.339 e. The molecule has 0 spiro atoms. The quantitative estimate of drug-likeness (QED) is 0.904. The van der Waals surface area contributed by atoms with Gasteiger partial charge < -0.3 is 10.6 Å². The highest BCUT2D eigenvalue weighted by atomic mass is 16.2. The van der Waals surface area contributed by atoms with Crippen LogP contribution in [-0.4, -0.2) is 23.4 Å². The maximum absolute atomic E-state index is 12.5. The van der Waals surface area contributed by atoms with Crippen LogP contribution in [0, 0.1) is 0 Å². The smallest absolute Gasteiger partial charge is 0.227 e. The number of rotatable bonds is 4. The highest BCUT2D eigenvalue weighted by Gasteiger charge is 2.25. The van der Waals surface area contributed by atoms with E-state index in [1.165, 1.54) is 6.42 Å². The van der Waals surface area contributed by atoms with Gasteiger partial charge in [0.2, 0.25) is 5.91 Å². The number of carbonyl (C=O) groups is 1. The maximum Gasteiger partial charge on any atom is 0.227 e. The molecule has 3 heteroatoms. The van der Waals surface area contributed by atoms with Gasteiger partial charge in [-0.05, 0) is 36.8 Å². The van der Waals surface area contributed by atoms with E-state index in [4.69, 9.17) is 5.73 Å². The number of carbonyl (C=O) groups excluding carboxylic acids is 1. The highest BCUT2D eigenvalue weighted by molar-refractivity contribution is 5.79. The zero-order chi connectivity index (χ0) is 13.7. The normalized spacial score (nSPS) is 19.5. The zero-order valence-electron chi connectivity index (χ0n) is 11.8. The molecule has 0 aliphatic carbocycles. The molecule has 0 radical (unpaired) electrons. The summed E-state index contributed by atoms with van der Waals surface area (Å²) in [5.74, 6) is 0.257. The van der Waals surface area contributed by atoms with E-state index in [0.717, 1.165) is 36.9 Å². The molecule has 0 saturated carbocycles. The van der Waals surface area contributed by atoms with Crippen molar-refractivity contribution in [1.82, 2.24) is 4.90 Å². The molecule has 1 aromatic carbocycles. The SMILES string of the molecule is CCC1CCCCN1C(=O)Cc1ccccc1CN. The van der Waals surface area contributed by atoms with Crippen molar-refractivity contribution in [1.29, 1.82) is 0 Å². The Bertz CT molecular complexity index is 431. The lowest BCUT2D eigenvalue weighted by atomic mass is 9.98. The molecule has 1 heterocycles.